The zero-order valence-electron chi connectivity index (χ0n) is 12.7. The van der Waals surface area contributed by atoms with E-state index in [1.807, 2.05) is 60.4 Å². The molecule has 2 aromatic carbocycles. The third-order valence-electron chi connectivity index (χ3n) is 3.86. The van der Waals surface area contributed by atoms with Crippen molar-refractivity contribution in [1.82, 2.24) is 4.90 Å². The van der Waals surface area contributed by atoms with Crippen molar-refractivity contribution in [3.8, 4) is 5.75 Å². The molecule has 1 aliphatic heterocycles. The van der Waals surface area contributed by atoms with E-state index in [1.165, 1.54) is 0 Å². The van der Waals surface area contributed by atoms with Crippen molar-refractivity contribution in [3.63, 3.8) is 0 Å². The van der Waals surface area contributed by atoms with Gasteiger partial charge in [0.2, 0.25) is 0 Å². The summed E-state index contributed by atoms with van der Waals surface area (Å²) in [6.07, 6.45) is 0.863. The highest BCUT2D eigenvalue weighted by molar-refractivity contribution is 5.94. The zero-order valence-corrected chi connectivity index (χ0v) is 12.7. The predicted molar refractivity (Wildman–Crippen MR) is 87.0 cm³/mol. The molecule has 1 heterocycles. The number of nitrogens with zero attached hydrogens (tertiary/aromatic N) is 1. The zero-order chi connectivity index (χ0) is 15.5. The van der Waals surface area contributed by atoms with Crippen LogP contribution in [0.1, 0.15) is 22.3 Å². The Morgan fingerprint density at radius 2 is 2.05 bits per heavy atom. The molecule has 4 heteroatoms. The molecule has 0 spiro atoms. The van der Waals surface area contributed by atoms with Gasteiger partial charge in [0.05, 0.1) is 6.54 Å². The molecule has 0 aromatic heterocycles. The van der Waals surface area contributed by atoms with Crippen LogP contribution in [0, 0.1) is 6.92 Å². The summed E-state index contributed by atoms with van der Waals surface area (Å²) in [7, 11) is 0. The van der Waals surface area contributed by atoms with Gasteiger partial charge < -0.3 is 15.4 Å². The van der Waals surface area contributed by atoms with E-state index in [0.29, 0.717) is 12.2 Å². The lowest BCUT2D eigenvalue weighted by molar-refractivity contribution is 0.0772. The molecule has 1 amide bonds. The lowest BCUT2D eigenvalue weighted by Crippen LogP contribution is -2.30. The van der Waals surface area contributed by atoms with Gasteiger partial charge in [-0.3, -0.25) is 4.79 Å². The van der Waals surface area contributed by atoms with E-state index in [4.69, 9.17) is 10.5 Å². The predicted octanol–water partition coefficient (Wildman–Crippen LogP) is 2.87. The molecule has 0 unspecified atom stereocenters. The van der Waals surface area contributed by atoms with Gasteiger partial charge in [0.25, 0.3) is 5.91 Å². The lowest BCUT2D eigenvalue weighted by atomic mass is 10.1. The molecule has 1 aliphatic rings. The Labute approximate surface area is 130 Å². The number of hydrogen-bond acceptors (Lipinski definition) is 3. The van der Waals surface area contributed by atoms with Crippen LogP contribution in [0.3, 0.4) is 0 Å². The summed E-state index contributed by atoms with van der Waals surface area (Å²) in [5.41, 5.74) is 8.27. The van der Waals surface area contributed by atoms with Crippen LogP contribution >= 0.6 is 0 Å². The van der Waals surface area contributed by atoms with Crippen molar-refractivity contribution in [1.29, 1.82) is 0 Å². The monoisotopic (exact) mass is 296 g/mol. The molecule has 1 saturated heterocycles. The number of carbonyl (C=O) groups excluding carboxylic acids is 1. The van der Waals surface area contributed by atoms with E-state index in [-0.39, 0.29) is 12.0 Å². The van der Waals surface area contributed by atoms with Crippen molar-refractivity contribution in [2.75, 3.05) is 18.8 Å². The standard InChI is InChI=1S/C18H20N2O2/c1-13-4-2-5-14(10-13)18(21)20-9-8-17(12-20)22-16-7-3-6-15(19)11-16/h2-7,10-11,17H,8-9,12,19H2,1H3/t17-/m1/s1. The number of amides is 1. The lowest BCUT2D eigenvalue weighted by Gasteiger charge is -2.17. The summed E-state index contributed by atoms with van der Waals surface area (Å²) in [4.78, 5) is 14.4. The molecule has 0 aliphatic carbocycles. The van der Waals surface area contributed by atoms with Gasteiger partial charge in [0, 0.05) is 30.3 Å². The minimum absolute atomic E-state index is 0.0237. The molecular weight excluding hydrogens is 276 g/mol. The van der Waals surface area contributed by atoms with Crippen LogP contribution in [0.25, 0.3) is 0 Å². The molecule has 4 nitrogen and oxygen atoms in total. The van der Waals surface area contributed by atoms with Gasteiger partial charge >= 0.3 is 0 Å². The van der Waals surface area contributed by atoms with Crippen LogP contribution in [0.4, 0.5) is 5.69 Å². The van der Waals surface area contributed by atoms with Crippen LogP contribution in [-0.2, 0) is 0 Å². The van der Waals surface area contributed by atoms with Crippen molar-refractivity contribution < 1.29 is 9.53 Å². The molecule has 1 fully saturated rings. The maximum Gasteiger partial charge on any atom is 0.253 e. The molecule has 0 saturated carbocycles. The quantitative estimate of drug-likeness (QED) is 0.886. The smallest absolute Gasteiger partial charge is 0.253 e. The summed E-state index contributed by atoms with van der Waals surface area (Å²) >= 11 is 0. The maximum absolute atomic E-state index is 12.5. The minimum Gasteiger partial charge on any atom is -0.488 e. The van der Waals surface area contributed by atoms with Gasteiger partial charge in [0.1, 0.15) is 11.9 Å². The normalized spacial score (nSPS) is 17.5. The first-order chi connectivity index (χ1) is 10.6. The van der Waals surface area contributed by atoms with Gasteiger partial charge in [0.15, 0.2) is 0 Å². The second-order valence-electron chi connectivity index (χ2n) is 5.72. The number of benzene rings is 2. The average Bonchev–Trinajstić information content (AvgIpc) is 2.95. The van der Waals surface area contributed by atoms with Gasteiger partial charge in [-0.25, -0.2) is 0 Å². The number of likely N-dealkylation sites (tertiary alicyclic amines) is 1. The highest BCUT2D eigenvalue weighted by Crippen LogP contribution is 2.21. The van der Waals surface area contributed by atoms with Gasteiger partial charge in [-0.05, 0) is 31.2 Å². The molecule has 2 N–H and O–H groups in total. The van der Waals surface area contributed by atoms with E-state index in [1.54, 1.807) is 0 Å². The Hall–Kier alpha value is -2.49. The molecule has 3 rings (SSSR count). The third kappa shape index (κ3) is 3.22. The van der Waals surface area contributed by atoms with Crippen LogP contribution in [-0.4, -0.2) is 30.0 Å². The number of rotatable bonds is 3. The fourth-order valence-electron chi connectivity index (χ4n) is 2.75. The van der Waals surface area contributed by atoms with E-state index >= 15 is 0 Å². The summed E-state index contributed by atoms with van der Waals surface area (Å²) < 4.78 is 5.92. The molecular formula is C18H20N2O2. The SMILES string of the molecule is Cc1cccc(C(=O)N2CC[C@@H](Oc3cccc(N)c3)C2)c1. The van der Waals surface area contributed by atoms with E-state index in [0.717, 1.165) is 29.8 Å². The Morgan fingerprint density at radius 3 is 2.82 bits per heavy atom. The highest BCUT2D eigenvalue weighted by Gasteiger charge is 2.28. The van der Waals surface area contributed by atoms with Crippen molar-refractivity contribution in [3.05, 3.63) is 59.7 Å². The van der Waals surface area contributed by atoms with Gasteiger partial charge in [-0.1, -0.05) is 23.8 Å². The number of hydrogen-bond donors (Lipinski definition) is 1. The first kappa shape index (κ1) is 14.4. The van der Waals surface area contributed by atoms with Crippen LogP contribution < -0.4 is 10.5 Å². The number of anilines is 1. The second kappa shape index (κ2) is 6.10. The first-order valence-electron chi connectivity index (χ1n) is 7.50. The van der Waals surface area contributed by atoms with Gasteiger partial charge in [-0.2, -0.15) is 0 Å². The molecule has 22 heavy (non-hydrogen) atoms. The van der Waals surface area contributed by atoms with Crippen molar-refractivity contribution in [2.45, 2.75) is 19.4 Å². The van der Waals surface area contributed by atoms with E-state index in [2.05, 4.69) is 0 Å². The summed E-state index contributed by atoms with van der Waals surface area (Å²) in [6.45, 7) is 3.33. The number of nitrogen functional groups attached to an aromatic ring is 1. The van der Waals surface area contributed by atoms with Crippen LogP contribution in [0.15, 0.2) is 48.5 Å². The molecule has 114 valence electrons. The largest absolute Gasteiger partial charge is 0.488 e. The summed E-state index contributed by atoms with van der Waals surface area (Å²) in [5, 5.41) is 0. The fourth-order valence-corrected chi connectivity index (χ4v) is 2.75. The highest BCUT2D eigenvalue weighted by atomic mass is 16.5. The Morgan fingerprint density at radius 1 is 1.23 bits per heavy atom. The summed E-state index contributed by atoms with van der Waals surface area (Å²) in [6, 6.07) is 15.1. The van der Waals surface area contributed by atoms with E-state index in [9.17, 15) is 4.79 Å². The fraction of sp³-hybridized carbons (Fsp3) is 0.278. The molecule has 2 aromatic rings. The Bertz CT molecular complexity index is 684. The second-order valence-corrected chi connectivity index (χ2v) is 5.72. The number of ether oxygens (including phenoxy) is 1. The number of aryl methyl sites for hydroxylation is 1. The maximum atomic E-state index is 12.5. The van der Waals surface area contributed by atoms with Crippen molar-refractivity contribution in [2.24, 2.45) is 0 Å². The van der Waals surface area contributed by atoms with Crippen LogP contribution in [0.2, 0.25) is 0 Å². The summed E-state index contributed by atoms with van der Waals surface area (Å²) in [5.74, 6) is 0.831. The Balaban J connectivity index is 1.63. The Kier molecular flexibility index (Phi) is 4.00. The van der Waals surface area contributed by atoms with Crippen molar-refractivity contribution >= 4 is 11.6 Å². The topological polar surface area (TPSA) is 55.6 Å². The first-order valence-corrected chi connectivity index (χ1v) is 7.50. The van der Waals surface area contributed by atoms with E-state index < -0.39 is 0 Å². The van der Waals surface area contributed by atoms with Gasteiger partial charge in [-0.15, -0.1) is 0 Å². The van der Waals surface area contributed by atoms with Crippen LogP contribution in [0.5, 0.6) is 5.75 Å². The minimum atomic E-state index is 0.0237. The molecule has 0 radical (unpaired) electrons. The third-order valence-corrected chi connectivity index (χ3v) is 3.86. The molecule has 0 bridgehead atoms. The number of nitrogens with two attached hydrogens (primary N) is 1. The average molecular weight is 296 g/mol. The molecule has 1 atom stereocenters. The number of carbonyl (C=O) groups is 1.